The molecule has 104 valence electrons. The van der Waals surface area contributed by atoms with E-state index < -0.39 is 0 Å². The molecular formula is C18H16N2O. The molecule has 0 bridgehead atoms. The minimum Gasteiger partial charge on any atom is -0.398 e. The summed E-state index contributed by atoms with van der Waals surface area (Å²) in [5, 5.41) is 5.15. The van der Waals surface area contributed by atoms with Crippen molar-refractivity contribution in [2.24, 2.45) is 0 Å². The number of hydrogen-bond acceptors (Lipinski definition) is 2. The van der Waals surface area contributed by atoms with Crippen molar-refractivity contribution in [3.63, 3.8) is 0 Å². The van der Waals surface area contributed by atoms with Crippen LogP contribution in [0.5, 0.6) is 0 Å². The van der Waals surface area contributed by atoms with E-state index in [4.69, 9.17) is 5.73 Å². The summed E-state index contributed by atoms with van der Waals surface area (Å²) in [7, 11) is 0. The summed E-state index contributed by atoms with van der Waals surface area (Å²) in [5.41, 5.74) is 8.78. The molecule has 0 unspecified atom stereocenters. The third kappa shape index (κ3) is 2.72. The van der Waals surface area contributed by atoms with Crippen molar-refractivity contribution < 1.29 is 4.79 Å². The lowest BCUT2D eigenvalue weighted by Crippen LogP contribution is -2.12. The summed E-state index contributed by atoms with van der Waals surface area (Å²) in [6, 6.07) is 19.2. The van der Waals surface area contributed by atoms with Crippen molar-refractivity contribution in [1.29, 1.82) is 0 Å². The van der Waals surface area contributed by atoms with Gasteiger partial charge >= 0.3 is 0 Å². The maximum atomic E-state index is 12.2. The van der Waals surface area contributed by atoms with E-state index in [1.54, 1.807) is 12.1 Å². The van der Waals surface area contributed by atoms with Gasteiger partial charge in [0.25, 0.3) is 5.91 Å². The van der Waals surface area contributed by atoms with E-state index in [-0.39, 0.29) is 5.91 Å². The van der Waals surface area contributed by atoms with Crippen LogP contribution in [0.2, 0.25) is 0 Å². The molecule has 0 saturated heterocycles. The van der Waals surface area contributed by atoms with Crippen LogP contribution in [0.15, 0.2) is 60.7 Å². The van der Waals surface area contributed by atoms with Gasteiger partial charge in [-0.2, -0.15) is 0 Å². The van der Waals surface area contributed by atoms with Crippen molar-refractivity contribution in [2.45, 2.75) is 6.92 Å². The summed E-state index contributed by atoms with van der Waals surface area (Å²) in [4.78, 5) is 12.2. The van der Waals surface area contributed by atoms with Crippen LogP contribution < -0.4 is 11.1 Å². The second-order valence-electron chi connectivity index (χ2n) is 5.09. The number of carbonyl (C=O) groups excluding carboxylic acids is 1. The van der Waals surface area contributed by atoms with Crippen LogP contribution in [-0.2, 0) is 0 Å². The molecule has 0 aliphatic rings. The van der Waals surface area contributed by atoms with Crippen LogP contribution in [0.1, 0.15) is 15.9 Å². The minimum absolute atomic E-state index is 0.156. The van der Waals surface area contributed by atoms with Crippen LogP contribution in [0, 0.1) is 6.92 Å². The fraction of sp³-hybridized carbons (Fsp3) is 0.0556. The third-order valence-corrected chi connectivity index (χ3v) is 3.55. The van der Waals surface area contributed by atoms with Crippen molar-refractivity contribution in [1.82, 2.24) is 0 Å². The predicted molar refractivity (Wildman–Crippen MR) is 87.5 cm³/mol. The molecule has 0 heterocycles. The molecule has 3 aromatic rings. The highest BCUT2D eigenvalue weighted by molar-refractivity contribution is 6.05. The SMILES string of the molecule is Cc1ccc(C(=O)Nc2ccc3ccccc3c2)cc1N. The Balaban J connectivity index is 1.87. The van der Waals surface area contributed by atoms with Crippen molar-refractivity contribution in [3.8, 4) is 0 Å². The van der Waals surface area contributed by atoms with Gasteiger partial charge in [0, 0.05) is 16.9 Å². The first-order chi connectivity index (χ1) is 10.1. The van der Waals surface area contributed by atoms with Gasteiger partial charge in [0.1, 0.15) is 0 Å². The average molecular weight is 276 g/mol. The summed E-state index contributed by atoms with van der Waals surface area (Å²) in [6.45, 7) is 1.92. The molecule has 3 rings (SSSR count). The van der Waals surface area contributed by atoms with Gasteiger partial charge in [0.05, 0.1) is 0 Å². The van der Waals surface area contributed by atoms with Crippen molar-refractivity contribution >= 4 is 28.1 Å². The zero-order valence-electron chi connectivity index (χ0n) is 11.8. The Bertz CT molecular complexity index is 824. The van der Waals surface area contributed by atoms with E-state index in [1.165, 1.54) is 0 Å². The van der Waals surface area contributed by atoms with Gasteiger partial charge in [-0.05, 0) is 47.5 Å². The summed E-state index contributed by atoms with van der Waals surface area (Å²) in [5.74, 6) is -0.156. The van der Waals surface area contributed by atoms with Crippen LogP contribution in [0.3, 0.4) is 0 Å². The molecule has 3 nitrogen and oxygen atoms in total. The van der Waals surface area contributed by atoms with Gasteiger partial charge in [0.15, 0.2) is 0 Å². The summed E-state index contributed by atoms with van der Waals surface area (Å²) >= 11 is 0. The number of nitrogen functional groups attached to an aromatic ring is 1. The number of hydrogen-bond donors (Lipinski definition) is 2. The van der Waals surface area contributed by atoms with Crippen LogP contribution in [-0.4, -0.2) is 5.91 Å². The van der Waals surface area contributed by atoms with E-state index in [0.29, 0.717) is 11.3 Å². The monoisotopic (exact) mass is 276 g/mol. The molecule has 0 fully saturated rings. The highest BCUT2D eigenvalue weighted by Crippen LogP contribution is 2.20. The maximum absolute atomic E-state index is 12.2. The zero-order valence-corrected chi connectivity index (χ0v) is 11.8. The number of nitrogens with one attached hydrogen (secondary N) is 1. The van der Waals surface area contributed by atoms with E-state index in [1.807, 2.05) is 55.5 Å². The van der Waals surface area contributed by atoms with Gasteiger partial charge in [-0.1, -0.05) is 36.4 Å². The molecule has 0 aliphatic heterocycles. The predicted octanol–water partition coefficient (Wildman–Crippen LogP) is 3.98. The Morgan fingerprint density at radius 3 is 2.48 bits per heavy atom. The maximum Gasteiger partial charge on any atom is 0.255 e. The smallest absolute Gasteiger partial charge is 0.255 e. The second-order valence-corrected chi connectivity index (χ2v) is 5.09. The minimum atomic E-state index is -0.156. The van der Waals surface area contributed by atoms with Gasteiger partial charge in [-0.3, -0.25) is 4.79 Å². The molecule has 3 aromatic carbocycles. The first-order valence-corrected chi connectivity index (χ1v) is 6.80. The van der Waals surface area contributed by atoms with Crippen LogP contribution in [0.25, 0.3) is 10.8 Å². The molecule has 0 spiro atoms. The molecule has 0 atom stereocenters. The number of carbonyl (C=O) groups is 1. The van der Waals surface area contributed by atoms with Gasteiger partial charge in [-0.25, -0.2) is 0 Å². The number of amides is 1. The fourth-order valence-electron chi connectivity index (χ4n) is 2.25. The second kappa shape index (κ2) is 5.29. The molecule has 0 aliphatic carbocycles. The fourth-order valence-corrected chi connectivity index (χ4v) is 2.25. The highest BCUT2D eigenvalue weighted by atomic mass is 16.1. The third-order valence-electron chi connectivity index (χ3n) is 3.55. The lowest BCUT2D eigenvalue weighted by molar-refractivity contribution is 0.102. The average Bonchev–Trinajstić information content (AvgIpc) is 2.50. The standard InChI is InChI=1S/C18H16N2O/c1-12-6-7-15(11-17(12)19)18(21)20-16-9-8-13-4-2-3-5-14(13)10-16/h2-11H,19H2,1H3,(H,20,21). The van der Waals surface area contributed by atoms with Crippen molar-refractivity contribution in [3.05, 3.63) is 71.8 Å². The molecule has 0 radical (unpaired) electrons. The highest BCUT2D eigenvalue weighted by Gasteiger charge is 2.07. The molecule has 0 aromatic heterocycles. The number of anilines is 2. The Labute approximate surface area is 123 Å². The summed E-state index contributed by atoms with van der Waals surface area (Å²) in [6.07, 6.45) is 0. The van der Waals surface area contributed by atoms with Crippen molar-refractivity contribution in [2.75, 3.05) is 11.1 Å². The Hall–Kier alpha value is -2.81. The van der Waals surface area contributed by atoms with E-state index in [2.05, 4.69) is 5.32 Å². The molecule has 3 N–H and O–H groups in total. The number of benzene rings is 3. The lowest BCUT2D eigenvalue weighted by Gasteiger charge is -2.08. The van der Waals surface area contributed by atoms with E-state index >= 15 is 0 Å². The first kappa shape index (κ1) is 13.2. The Morgan fingerprint density at radius 2 is 1.71 bits per heavy atom. The van der Waals surface area contributed by atoms with Gasteiger partial charge in [-0.15, -0.1) is 0 Å². The van der Waals surface area contributed by atoms with E-state index in [9.17, 15) is 4.79 Å². The number of rotatable bonds is 2. The zero-order chi connectivity index (χ0) is 14.8. The largest absolute Gasteiger partial charge is 0.398 e. The van der Waals surface area contributed by atoms with Gasteiger partial charge in [0.2, 0.25) is 0 Å². The molecule has 3 heteroatoms. The summed E-state index contributed by atoms with van der Waals surface area (Å²) < 4.78 is 0. The van der Waals surface area contributed by atoms with Gasteiger partial charge < -0.3 is 11.1 Å². The quantitative estimate of drug-likeness (QED) is 0.695. The molecule has 1 amide bonds. The normalized spacial score (nSPS) is 10.5. The van der Waals surface area contributed by atoms with Crippen LogP contribution >= 0.6 is 0 Å². The molecular weight excluding hydrogens is 260 g/mol. The number of aryl methyl sites for hydroxylation is 1. The molecule has 0 saturated carbocycles. The van der Waals surface area contributed by atoms with E-state index in [0.717, 1.165) is 22.0 Å². The van der Waals surface area contributed by atoms with Crippen LogP contribution in [0.4, 0.5) is 11.4 Å². The lowest BCUT2D eigenvalue weighted by atomic mass is 10.1. The molecule has 21 heavy (non-hydrogen) atoms. The topological polar surface area (TPSA) is 55.1 Å². The first-order valence-electron chi connectivity index (χ1n) is 6.80. The Kier molecular flexibility index (Phi) is 3.32. The Morgan fingerprint density at radius 1 is 0.952 bits per heavy atom. The number of nitrogens with two attached hydrogens (primary N) is 1. The number of fused-ring (bicyclic) bond motifs is 1.